The number of benzene rings is 1. The van der Waals surface area contributed by atoms with Gasteiger partial charge in [-0.25, -0.2) is 9.97 Å². The molecule has 0 amide bonds. The topological polar surface area (TPSA) is 49.6 Å². The number of aromatic nitrogens is 2. The summed E-state index contributed by atoms with van der Waals surface area (Å²) in [5.41, 5.74) is 1.15. The summed E-state index contributed by atoms with van der Waals surface area (Å²) >= 11 is 5.85. The van der Waals surface area contributed by atoms with Crippen molar-refractivity contribution in [1.29, 1.82) is 5.26 Å². The van der Waals surface area contributed by atoms with Crippen LogP contribution < -0.4 is 0 Å². The highest BCUT2D eigenvalue weighted by molar-refractivity contribution is 6.30. The van der Waals surface area contributed by atoms with E-state index in [0.29, 0.717) is 16.5 Å². The summed E-state index contributed by atoms with van der Waals surface area (Å²) in [6.07, 6.45) is 1.56. The Kier molecular flexibility index (Phi) is 2.61. The molecule has 3 nitrogen and oxygen atoms in total. The van der Waals surface area contributed by atoms with Crippen molar-refractivity contribution in [1.82, 2.24) is 9.97 Å². The second-order valence-corrected chi connectivity index (χ2v) is 3.32. The third-order valence-electron chi connectivity index (χ3n) is 1.85. The van der Waals surface area contributed by atoms with Crippen LogP contribution in [0.3, 0.4) is 0 Å². The first-order valence-corrected chi connectivity index (χ1v) is 4.66. The molecule has 0 bridgehead atoms. The van der Waals surface area contributed by atoms with Gasteiger partial charge >= 0.3 is 0 Å². The molecule has 0 unspecified atom stereocenters. The standard InChI is InChI=1S/C11H6ClN3/c12-9-3-1-2-8(6-9)11-14-5-4-10(7-13)15-11/h1-6H. The zero-order chi connectivity index (χ0) is 10.7. The van der Waals surface area contributed by atoms with Gasteiger partial charge in [0.15, 0.2) is 5.82 Å². The van der Waals surface area contributed by atoms with Gasteiger partial charge in [-0.3, -0.25) is 0 Å². The minimum absolute atomic E-state index is 0.347. The molecule has 0 saturated carbocycles. The lowest BCUT2D eigenvalue weighted by atomic mass is 10.2. The van der Waals surface area contributed by atoms with Crippen molar-refractivity contribution in [2.45, 2.75) is 0 Å². The fourth-order valence-corrected chi connectivity index (χ4v) is 1.38. The Morgan fingerprint density at radius 2 is 2.13 bits per heavy atom. The van der Waals surface area contributed by atoms with Crippen LogP contribution in [0.25, 0.3) is 11.4 Å². The number of rotatable bonds is 1. The van der Waals surface area contributed by atoms with Crippen molar-refractivity contribution in [3.8, 4) is 17.5 Å². The lowest BCUT2D eigenvalue weighted by Gasteiger charge is -1.99. The highest BCUT2D eigenvalue weighted by Crippen LogP contribution is 2.18. The Labute approximate surface area is 92.0 Å². The van der Waals surface area contributed by atoms with Crippen LogP contribution in [0, 0.1) is 11.3 Å². The second kappa shape index (κ2) is 4.07. The van der Waals surface area contributed by atoms with Gasteiger partial charge in [0.25, 0.3) is 0 Å². The van der Waals surface area contributed by atoms with Crippen molar-refractivity contribution in [2.75, 3.05) is 0 Å². The van der Waals surface area contributed by atoms with Crippen molar-refractivity contribution in [2.24, 2.45) is 0 Å². The Morgan fingerprint density at radius 1 is 1.27 bits per heavy atom. The summed E-state index contributed by atoms with van der Waals surface area (Å²) in [6, 6.07) is 10.7. The predicted octanol–water partition coefficient (Wildman–Crippen LogP) is 2.67. The van der Waals surface area contributed by atoms with Gasteiger partial charge in [0.05, 0.1) is 0 Å². The maximum absolute atomic E-state index is 8.70. The van der Waals surface area contributed by atoms with E-state index in [4.69, 9.17) is 16.9 Å². The van der Waals surface area contributed by atoms with Crippen LogP contribution in [-0.2, 0) is 0 Å². The average molecular weight is 216 g/mol. The molecule has 0 saturated heterocycles. The molecule has 4 heteroatoms. The third kappa shape index (κ3) is 2.12. The Bertz CT molecular complexity index is 531. The molecule has 0 N–H and O–H groups in total. The van der Waals surface area contributed by atoms with E-state index in [9.17, 15) is 0 Å². The quantitative estimate of drug-likeness (QED) is 0.735. The summed E-state index contributed by atoms with van der Waals surface area (Å²) in [6.45, 7) is 0. The summed E-state index contributed by atoms with van der Waals surface area (Å²) in [7, 11) is 0. The summed E-state index contributed by atoms with van der Waals surface area (Å²) in [5, 5.41) is 9.32. The smallest absolute Gasteiger partial charge is 0.160 e. The molecule has 0 spiro atoms. The van der Waals surface area contributed by atoms with Gasteiger partial charge < -0.3 is 0 Å². The van der Waals surface area contributed by atoms with Crippen molar-refractivity contribution >= 4 is 11.6 Å². The van der Waals surface area contributed by atoms with Crippen molar-refractivity contribution in [3.63, 3.8) is 0 Å². The van der Waals surface area contributed by atoms with Crippen LogP contribution in [0.4, 0.5) is 0 Å². The van der Waals surface area contributed by atoms with Gasteiger partial charge in [0.2, 0.25) is 0 Å². The first kappa shape index (κ1) is 9.63. The zero-order valence-electron chi connectivity index (χ0n) is 7.68. The van der Waals surface area contributed by atoms with E-state index in [1.165, 1.54) is 0 Å². The first-order valence-electron chi connectivity index (χ1n) is 4.28. The highest BCUT2D eigenvalue weighted by atomic mass is 35.5. The van der Waals surface area contributed by atoms with Gasteiger partial charge in [-0.05, 0) is 18.2 Å². The number of halogens is 1. The van der Waals surface area contributed by atoms with Crippen LogP contribution in [-0.4, -0.2) is 9.97 Å². The molecule has 72 valence electrons. The molecular formula is C11H6ClN3. The van der Waals surface area contributed by atoms with E-state index in [2.05, 4.69) is 9.97 Å². The lowest BCUT2D eigenvalue weighted by molar-refractivity contribution is 1.15. The summed E-state index contributed by atoms with van der Waals surface area (Å²) in [5.74, 6) is 0.511. The molecule has 0 radical (unpaired) electrons. The highest BCUT2D eigenvalue weighted by Gasteiger charge is 2.02. The zero-order valence-corrected chi connectivity index (χ0v) is 8.44. The Morgan fingerprint density at radius 3 is 2.87 bits per heavy atom. The van der Waals surface area contributed by atoms with E-state index < -0.39 is 0 Å². The van der Waals surface area contributed by atoms with Crippen LogP contribution in [0.2, 0.25) is 5.02 Å². The van der Waals surface area contributed by atoms with Crippen LogP contribution in [0.5, 0.6) is 0 Å². The van der Waals surface area contributed by atoms with Gasteiger partial charge in [0.1, 0.15) is 11.8 Å². The molecule has 0 aliphatic heterocycles. The van der Waals surface area contributed by atoms with E-state index in [0.717, 1.165) is 5.56 Å². The number of hydrogen-bond donors (Lipinski definition) is 0. The average Bonchev–Trinajstić information content (AvgIpc) is 2.29. The normalized spacial score (nSPS) is 9.60. The van der Waals surface area contributed by atoms with Gasteiger partial charge in [-0.1, -0.05) is 23.7 Å². The maximum atomic E-state index is 8.70. The molecule has 1 aromatic carbocycles. The monoisotopic (exact) mass is 215 g/mol. The number of nitriles is 1. The van der Waals surface area contributed by atoms with E-state index in [1.807, 2.05) is 18.2 Å². The SMILES string of the molecule is N#Cc1ccnc(-c2cccc(Cl)c2)n1. The summed E-state index contributed by atoms with van der Waals surface area (Å²) in [4.78, 5) is 8.15. The molecule has 0 aliphatic carbocycles. The molecule has 0 aliphatic rings. The van der Waals surface area contributed by atoms with Crippen molar-refractivity contribution < 1.29 is 0 Å². The van der Waals surface area contributed by atoms with E-state index in [1.54, 1.807) is 24.4 Å². The molecule has 2 rings (SSSR count). The van der Waals surface area contributed by atoms with Crippen LogP contribution in [0.15, 0.2) is 36.5 Å². The molecule has 0 atom stereocenters. The maximum Gasteiger partial charge on any atom is 0.160 e. The fourth-order valence-electron chi connectivity index (χ4n) is 1.19. The molecule has 1 aromatic heterocycles. The third-order valence-corrected chi connectivity index (χ3v) is 2.09. The first-order chi connectivity index (χ1) is 7.29. The van der Waals surface area contributed by atoms with Crippen LogP contribution in [0.1, 0.15) is 5.69 Å². The van der Waals surface area contributed by atoms with Crippen molar-refractivity contribution in [3.05, 3.63) is 47.2 Å². The fraction of sp³-hybridized carbons (Fsp3) is 0. The molecule has 1 heterocycles. The van der Waals surface area contributed by atoms with Gasteiger partial charge in [0, 0.05) is 16.8 Å². The Hall–Kier alpha value is -1.92. The second-order valence-electron chi connectivity index (χ2n) is 2.89. The lowest BCUT2D eigenvalue weighted by Crippen LogP contribution is -1.90. The molecule has 2 aromatic rings. The van der Waals surface area contributed by atoms with Gasteiger partial charge in [-0.2, -0.15) is 5.26 Å². The number of hydrogen-bond acceptors (Lipinski definition) is 3. The molecular weight excluding hydrogens is 210 g/mol. The van der Waals surface area contributed by atoms with E-state index in [-0.39, 0.29) is 0 Å². The minimum atomic E-state index is 0.347. The largest absolute Gasteiger partial charge is 0.236 e. The summed E-state index contributed by atoms with van der Waals surface area (Å²) < 4.78 is 0. The molecule has 0 fully saturated rings. The predicted molar refractivity (Wildman–Crippen MR) is 57.2 cm³/mol. The minimum Gasteiger partial charge on any atom is -0.236 e. The molecule has 15 heavy (non-hydrogen) atoms. The van der Waals surface area contributed by atoms with E-state index >= 15 is 0 Å². The Balaban J connectivity index is 2.50. The van der Waals surface area contributed by atoms with Gasteiger partial charge in [-0.15, -0.1) is 0 Å². The van der Waals surface area contributed by atoms with Crippen LogP contribution >= 0.6 is 11.6 Å². The number of nitrogens with zero attached hydrogens (tertiary/aromatic N) is 3.